The molecule has 1 heterocycles. The second kappa shape index (κ2) is 3.80. The molecule has 0 bridgehead atoms. The lowest BCUT2D eigenvalue weighted by atomic mass is 9.90. The second-order valence-corrected chi connectivity index (χ2v) is 5.42. The van der Waals surface area contributed by atoms with E-state index in [1.807, 2.05) is 13.1 Å². The Bertz CT molecular complexity index is 376. The Kier molecular flexibility index (Phi) is 2.77. The van der Waals surface area contributed by atoms with Crippen LogP contribution in [-0.4, -0.2) is 12.6 Å². The lowest BCUT2D eigenvalue weighted by molar-refractivity contribution is 0.0665. The van der Waals surface area contributed by atoms with E-state index in [-0.39, 0.29) is 5.60 Å². The van der Waals surface area contributed by atoms with Gasteiger partial charge in [0, 0.05) is 18.0 Å². The Hall–Kier alpha value is -0.540. The highest BCUT2D eigenvalue weighted by atomic mass is 79.9. The molecule has 2 rings (SSSR count). The third kappa shape index (κ3) is 2.04. The fourth-order valence-corrected chi connectivity index (χ4v) is 2.55. The van der Waals surface area contributed by atoms with Crippen molar-refractivity contribution < 1.29 is 4.74 Å². The van der Waals surface area contributed by atoms with Crippen molar-refractivity contribution in [1.29, 1.82) is 0 Å². The van der Waals surface area contributed by atoms with Gasteiger partial charge in [-0.05, 0) is 42.9 Å². The van der Waals surface area contributed by atoms with Crippen LogP contribution >= 0.6 is 15.9 Å². The molecule has 2 nitrogen and oxygen atoms in total. The molecule has 0 fully saturated rings. The summed E-state index contributed by atoms with van der Waals surface area (Å²) in [6.45, 7) is 4.25. The minimum atomic E-state index is -0.107. The largest absolute Gasteiger partial charge is 0.486 e. The molecule has 0 unspecified atom stereocenters. The Morgan fingerprint density at radius 1 is 1.47 bits per heavy atom. The Labute approximate surface area is 99.1 Å². The summed E-state index contributed by atoms with van der Waals surface area (Å²) in [5, 5.41) is 3.34. The van der Waals surface area contributed by atoms with Gasteiger partial charge in [-0.2, -0.15) is 0 Å². The average molecular weight is 270 g/mol. The van der Waals surface area contributed by atoms with Crippen molar-refractivity contribution >= 4 is 15.9 Å². The predicted molar refractivity (Wildman–Crippen MR) is 65.3 cm³/mol. The molecule has 1 N–H and O–H groups in total. The van der Waals surface area contributed by atoms with Crippen molar-refractivity contribution in [2.45, 2.75) is 31.9 Å². The van der Waals surface area contributed by atoms with E-state index in [0.29, 0.717) is 6.04 Å². The molecule has 15 heavy (non-hydrogen) atoms. The minimum absolute atomic E-state index is 0.107. The summed E-state index contributed by atoms with van der Waals surface area (Å²) >= 11 is 3.54. The van der Waals surface area contributed by atoms with Crippen molar-refractivity contribution in [1.82, 2.24) is 5.32 Å². The molecule has 1 aliphatic heterocycles. The molecule has 0 aliphatic carbocycles. The summed E-state index contributed by atoms with van der Waals surface area (Å²) in [4.78, 5) is 0. The molecule has 3 heteroatoms. The van der Waals surface area contributed by atoms with Gasteiger partial charge in [-0.1, -0.05) is 12.1 Å². The summed E-state index contributed by atoms with van der Waals surface area (Å²) in [5.41, 5.74) is 1.14. The molecular weight excluding hydrogens is 254 g/mol. The van der Waals surface area contributed by atoms with Gasteiger partial charge < -0.3 is 10.1 Å². The first-order chi connectivity index (χ1) is 7.03. The Morgan fingerprint density at radius 2 is 2.20 bits per heavy atom. The molecule has 82 valence electrons. The second-order valence-electron chi connectivity index (χ2n) is 4.57. The maximum Gasteiger partial charge on any atom is 0.139 e. The number of fused-ring (bicyclic) bond motifs is 1. The van der Waals surface area contributed by atoms with Crippen molar-refractivity contribution in [3.63, 3.8) is 0 Å². The van der Waals surface area contributed by atoms with Crippen molar-refractivity contribution in [2.24, 2.45) is 0 Å². The zero-order chi connectivity index (χ0) is 11.1. The quantitative estimate of drug-likeness (QED) is 0.845. The smallest absolute Gasteiger partial charge is 0.139 e. The maximum absolute atomic E-state index is 6.00. The zero-order valence-electron chi connectivity index (χ0n) is 9.30. The summed E-state index contributed by atoms with van der Waals surface area (Å²) < 4.78 is 7.03. The fraction of sp³-hybridized carbons (Fsp3) is 0.500. The molecule has 1 aliphatic rings. The van der Waals surface area contributed by atoms with Gasteiger partial charge in [0.05, 0.1) is 4.47 Å². The van der Waals surface area contributed by atoms with E-state index in [9.17, 15) is 0 Å². The van der Waals surface area contributed by atoms with Crippen LogP contribution in [0, 0.1) is 0 Å². The van der Waals surface area contributed by atoms with Crippen molar-refractivity contribution in [2.75, 3.05) is 7.05 Å². The topological polar surface area (TPSA) is 21.3 Å². The fourth-order valence-electron chi connectivity index (χ4n) is 2.08. The zero-order valence-corrected chi connectivity index (χ0v) is 10.9. The molecule has 0 amide bonds. The van der Waals surface area contributed by atoms with E-state index in [0.717, 1.165) is 16.6 Å². The number of nitrogens with one attached hydrogen (secondary N) is 1. The van der Waals surface area contributed by atoms with Gasteiger partial charge >= 0.3 is 0 Å². The Balaban J connectivity index is 2.49. The summed E-state index contributed by atoms with van der Waals surface area (Å²) in [7, 11) is 2.00. The van der Waals surface area contributed by atoms with Crippen LogP contribution in [-0.2, 0) is 0 Å². The number of para-hydroxylation sites is 1. The van der Waals surface area contributed by atoms with Crippen LogP contribution in [0.15, 0.2) is 22.7 Å². The molecule has 1 atom stereocenters. The lowest BCUT2D eigenvalue weighted by Gasteiger charge is -2.38. The van der Waals surface area contributed by atoms with Gasteiger partial charge in [-0.25, -0.2) is 0 Å². The molecular formula is C12H16BrNO. The maximum atomic E-state index is 6.00. The van der Waals surface area contributed by atoms with Crippen LogP contribution in [0.1, 0.15) is 31.9 Å². The molecule has 0 saturated heterocycles. The van der Waals surface area contributed by atoms with Crippen LogP contribution in [0.2, 0.25) is 0 Å². The monoisotopic (exact) mass is 269 g/mol. The standard InChI is InChI=1S/C12H16BrNO/c1-12(2)7-10(14-3)8-5-4-6-9(13)11(8)15-12/h4-6,10,14H,7H2,1-3H3/t10-/m1/s1. The van der Waals surface area contributed by atoms with Gasteiger partial charge in [0.1, 0.15) is 11.4 Å². The first kappa shape index (κ1) is 11.0. The Morgan fingerprint density at radius 3 is 2.87 bits per heavy atom. The van der Waals surface area contributed by atoms with E-state index in [4.69, 9.17) is 4.74 Å². The minimum Gasteiger partial charge on any atom is -0.486 e. The average Bonchev–Trinajstić information content (AvgIpc) is 2.17. The van der Waals surface area contributed by atoms with E-state index in [2.05, 4.69) is 47.2 Å². The third-order valence-electron chi connectivity index (χ3n) is 2.80. The van der Waals surface area contributed by atoms with Gasteiger partial charge in [-0.3, -0.25) is 0 Å². The van der Waals surface area contributed by atoms with Crippen LogP contribution < -0.4 is 10.1 Å². The highest BCUT2D eigenvalue weighted by Crippen LogP contribution is 2.43. The van der Waals surface area contributed by atoms with E-state index in [1.54, 1.807) is 0 Å². The van der Waals surface area contributed by atoms with Gasteiger partial charge in [0.15, 0.2) is 0 Å². The van der Waals surface area contributed by atoms with Gasteiger partial charge in [-0.15, -0.1) is 0 Å². The highest BCUT2D eigenvalue weighted by Gasteiger charge is 2.33. The van der Waals surface area contributed by atoms with E-state index in [1.165, 1.54) is 5.56 Å². The van der Waals surface area contributed by atoms with Crippen LogP contribution in [0.25, 0.3) is 0 Å². The number of rotatable bonds is 1. The first-order valence-electron chi connectivity index (χ1n) is 5.18. The van der Waals surface area contributed by atoms with Crippen molar-refractivity contribution in [3.8, 4) is 5.75 Å². The number of benzene rings is 1. The van der Waals surface area contributed by atoms with Gasteiger partial charge in [0.2, 0.25) is 0 Å². The van der Waals surface area contributed by atoms with E-state index < -0.39 is 0 Å². The molecule has 1 aromatic rings. The number of halogens is 1. The summed E-state index contributed by atoms with van der Waals surface area (Å²) in [6, 6.07) is 6.57. The predicted octanol–water partition coefficient (Wildman–Crippen LogP) is 3.27. The number of hydrogen-bond acceptors (Lipinski definition) is 2. The van der Waals surface area contributed by atoms with Gasteiger partial charge in [0.25, 0.3) is 0 Å². The number of hydrogen-bond donors (Lipinski definition) is 1. The molecule has 0 radical (unpaired) electrons. The first-order valence-corrected chi connectivity index (χ1v) is 5.97. The third-order valence-corrected chi connectivity index (χ3v) is 3.42. The number of ether oxygens (including phenoxy) is 1. The highest BCUT2D eigenvalue weighted by molar-refractivity contribution is 9.10. The van der Waals surface area contributed by atoms with Crippen LogP contribution in [0.3, 0.4) is 0 Å². The normalized spacial score (nSPS) is 23.1. The SMILES string of the molecule is CN[C@@H]1CC(C)(C)Oc2c(Br)cccc21. The molecule has 0 saturated carbocycles. The summed E-state index contributed by atoms with van der Waals surface area (Å²) in [5.74, 6) is 0.980. The van der Waals surface area contributed by atoms with Crippen LogP contribution in [0.4, 0.5) is 0 Å². The molecule has 0 spiro atoms. The summed E-state index contributed by atoms with van der Waals surface area (Å²) in [6.07, 6.45) is 0.993. The van der Waals surface area contributed by atoms with Crippen molar-refractivity contribution in [3.05, 3.63) is 28.2 Å². The van der Waals surface area contributed by atoms with E-state index >= 15 is 0 Å². The molecule has 1 aromatic carbocycles. The molecule has 0 aromatic heterocycles. The lowest BCUT2D eigenvalue weighted by Crippen LogP contribution is -2.38. The van der Waals surface area contributed by atoms with Crippen LogP contribution in [0.5, 0.6) is 5.75 Å².